The average Bonchev–Trinajstić information content (AvgIpc) is 2.85. The van der Waals surface area contributed by atoms with Gasteiger partial charge in [-0.1, -0.05) is 0 Å². The number of piperidine rings is 1. The standard InChI is InChI=1S/C27H35F2N3O3/c1-18-8-11-32(20(3)33)16-25(18)30-27(21-5-4-14-34-17-21)19(2)31-12-9-23(10-13-31)35-26-7-6-22(28)15-24(26)29/h6-7,15,17,19,23H,4-5,8-14,16H2,1-3H3. The van der Waals surface area contributed by atoms with E-state index in [1.165, 1.54) is 17.7 Å². The van der Waals surface area contributed by atoms with Crippen molar-refractivity contribution >= 4 is 11.6 Å². The average molecular weight is 488 g/mol. The van der Waals surface area contributed by atoms with Crippen LogP contribution in [0.4, 0.5) is 8.78 Å². The highest BCUT2D eigenvalue weighted by atomic mass is 19.1. The highest BCUT2D eigenvalue weighted by Gasteiger charge is 2.30. The molecule has 1 aromatic rings. The molecule has 0 aromatic heterocycles. The van der Waals surface area contributed by atoms with Crippen LogP contribution in [0, 0.1) is 11.6 Å². The topological polar surface area (TPSA) is 54.4 Å². The Labute approximate surface area is 206 Å². The predicted octanol–water partition coefficient (Wildman–Crippen LogP) is 4.86. The van der Waals surface area contributed by atoms with Crippen molar-refractivity contribution in [3.63, 3.8) is 0 Å². The van der Waals surface area contributed by atoms with Crippen molar-refractivity contribution in [3.8, 4) is 5.75 Å². The van der Waals surface area contributed by atoms with Crippen LogP contribution in [-0.4, -0.2) is 66.4 Å². The molecule has 0 radical (unpaired) electrons. The van der Waals surface area contributed by atoms with Crippen LogP contribution in [0.15, 0.2) is 46.3 Å². The molecule has 1 aromatic carbocycles. The minimum Gasteiger partial charge on any atom is -0.501 e. The van der Waals surface area contributed by atoms with E-state index in [2.05, 4.69) is 18.7 Å². The molecule has 190 valence electrons. The normalized spacial score (nSPS) is 21.5. The molecule has 35 heavy (non-hydrogen) atoms. The van der Waals surface area contributed by atoms with E-state index in [4.69, 9.17) is 14.5 Å². The van der Waals surface area contributed by atoms with Gasteiger partial charge in [0.2, 0.25) is 5.91 Å². The fourth-order valence-electron chi connectivity index (χ4n) is 4.88. The molecule has 0 bridgehead atoms. The summed E-state index contributed by atoms with van der Waals surface area (Å²) < 4.78 is 38.7. The van der Waals surface area contributed by atoms with Crippen molar-refractivity contribution < 1.29 is 23.0 Å². The van der Waals surface area contributed by atoms with Gasteiger partial charge in [0, 0.05) is 44.2 Å². The van der Waals surface area contributed by atoms with Gasteiger partial charge in [-0.25, -0.2) is 8.78 Å². The van der Waals surface area contributed by atoms with E-state index in [-0.39, 0.29) is 23.8 Å². The quantitative estimate of drug-likeness (QED) is 0.538. The lowest BCUT2D eigenvalue weighted by molar-refractivity contribution is -0.128. The number of rotatable bonds is 6. The first-order valence-electron chi connectivity index (χ1n) is 12.5. The SMILES string of the molecule is CC(=O)N1CCC(C)=C(N=C(C2=COCCC2)C(C)N2CCC(Oc3ccc(F)cc3F)CC2)C1. The number of hydrogen-bond acceptors (Lipinski definition) is 5. The van der Waals surface area contributed by atoms with Crippen molar-refractivity contribution in [1.29, 1.82) is 0 Å². The molecular weight excluding hydrogens is 452 g/mol. The first-order valence-corrected chi connectivity index (χ1v) is 12.5. The second kappa shape index (κ2) is 11.3. The first-order chi connectivity index (χ1) is 16.8. The van der Waals surface area contributed by atoms with E-state index in [9.17, 15) is 13.6 Å². The third-order valence-electron chi connectivity index (χ3n) is 7.16. The Hall–Kier alpha value is -2.74. The summed E-state index contributed by atoms with van der Waals surface area (Å²) in [6, 6.07) is 3.47. The lowest BCUT2D eigenvalue weighted by Gasteiger charge is -2.37. The summed E-state index contributed by atoms with van der Waals surface area (Å²) in [4.78, 5) is 21.3. The van der Waals surface area contributed by atoms with E-state index < -0.39 is 11.6 Å². The smallest absolute Gasteiger partial charge is 0.219 e. The second-order valence-corrected chi connectivity index (χ2v) is 9.64. The van der Waals surface area contributed by atoms with Gasteiger partial charge in [0.25, 0.3) is 0 Å². The zero-order chi connectivity index (χ0) is 24.9. The zero-order valence-corrected chi connectivity index (χ0v) is 20.9. The fraction of sp³-hybridized carbons (Fsp3) is 0.556. The third-order valence-corrected chi connectivity index (χ3v) is 7.16. The number of amides is 1. The molecule has 6 nitrogen and oxygen atoms in total. The minimum absolute atomic E-state index is 0.0551. The minimum atomic E-state index is -0.671. The summed E-state index contributed by atoms with van der Waals surface area (Å²) >= 11 is 0. The molecule has 1 atom stereocenters. The van der Waals surface area contributed by atoms with Gasteiger partial charge in [-0.15, -0.1) is 0 Å². The van der Waals surface area contributed by atoms with Gasteiger partial charge >= 0.3 is 0 Å². The van der Waals surface area contributed by atoms with Crippen LogP contribution in [-0.2, 0) is 9.53 Å². The molecule has 1 fully saturated rings. The van der Waals surface area contributed by atoms with E-state index in [1.807, 2.05) is 11.2 Å². The van der Waals surface area contributed by atoms with Crippen molar-refractivity contribution in [2.45, 2.75) is 65.0 Å². The third kappa shape index (κ3) is 6.28. The van der Waals surface area contributed by atoms with Gasteiger partial charge in [-0.05, 0) is 63.7 Å². The number of benzene rings is 1. The van der Waals surface area contributed by atoms with Crippen LogP contribution >= 0.6 is 0 Å². The highest BCUT2D eigenvalue weighted by Crippen LogP contribution is 2.27. The highest BCUT2D eigenvalue weighted by molar-refractivity contribution is 6.04. The molecule has 3 aliphatic heterocycles. The summed E-state index contributed by atoms with van der Waals surface area (Å²) in [5, 5.41) is 0. The summed E-state index contributed by atoms with van der Waals surface area (Å²) in [6.07, 6.45) is 5.90. The Morgan fingerprint density at radius 3 is 2.63 bits per heavy atom. The summed E-state index contributed by atoms with van der Waals surface area (Å²) in [7, 11) is 0. The molecule has 1 amide bonds. The summed E-state index contributed by atoms with van der Waals surface area (Å²) in [5.41, 5.74) is 4.28. The fourth-order valence-corrected chi connectivity index (χ4v) is 4.88. The predicted molar refractivity (Wildman–Crippen MR) is 131 cm³/mol. The van der Waals surface area contributed by atoms with Crippen molar-refractivity contribution in [1.82, 2.24) is 9.80 Å². The van der Waals surface area contributed by atoms with Gasteiger partial charge in [0.1, 0.15) is 11.9 Å². The maximum atomic E-state index is 14.0. The molecule has 1 saturated heterocycles. The number of ether oxygens (including phenoxy) is 2. The van der Waals surface area contributed by atoms with Gasteiger partial charge in [0.15, 0.2) is 11.6 Å². The molecular formula is C27H35F2N3O3. The Kier molecular flexibility index (Phi) is 8.21. The van der Waals surface area contributed by atoms with Gasteiger partial charge in [0.05, 0.1) is 30.8 Å². The largest absolute Gasteiger partial charge is 0.501 e. The number of hydrogen-bond donors (Lipinski definition) is 0. The number of carbonyl (C=O) groups excluding carboxylic acids is 1. The summed E-state index contributed by atoms with van der Waals surface area (Å²) in [6.45, 7) is 9.40. The van der Waals surface area contributed by atoms with Crippen LogP contribution in [0.25, 0.3) is 0 Å². The number of halogens is 2. The Balaban J connectivity index is 1.48. The van der Waals surface area contributed by atoms with Gasteiger partial charge in [-0.2, -0.15) is 0 Å². The number of carbonyl (C=O) groups is 1. The molecule has 3 heterocycles. The van der Waals surface area contributed by atoms with Crippen LogP contribution in [0.2, 0.25) is 0 Å². The maximum Gasteiger partial charge on any atom is 0.219 e. The Morgan fingerprint density at radius 1 is 1.20 bits per heavy atom. The molecule has 1 unspecified atom stereocenters. The van der Waals surface area contributed by atoms with Crippen LogP contribution in [0.1, 0.15) is 52.9 Å². The number of aliphatic imine (C=N–C) groups is 1. The summed E-state index contributed by atoms with van der Waals surface area (Å²) in [5.74, 6) is -1.12. The lowest BCUT2D eigenvalue weighted by atomic mass is 9.96. The maximum absolute atomic E-state index is 14.0. The van der Waals surface area contributed by atoms with Crippen molar-refractivity contribution in [2.75, 3.05) is 32.8 Å². The Bertz CT molecular complexity index is 1030. The van der Waals surface area contributed by atoms with Crippen molar-refractivity contribution in [2.24, 2.45) is 4.99 Å². The lowest BCUT2D eigenvalue weighted by Crippen LogP contribution is -2.47. The molecule has 3 aliphatic rings. The molecule has 0 saturated carbocycles. The molecule has 8 heteroatoms. The molecule has 4 rings (SSSR count). The molecule has 0 spiro atoms. The Morgan fingerprint density at radius 2 is 1.97 bits per heavy atom. The van der Waals surface area contributed by atoms with E-state index in [0.29, 0.717) is 13.2 Å². The van der Waals surface area contributed by atoms with Gasteiger partial charge in [-0.3, -0.25) is 14.7 Å². The van der Waals surface area contributed by atoms with Crippen LogP contribution in [0.5, 0.6) is 5.75 Å². The van der Waals surface area contributed by atoms with Gasteiger partial charge < -0.3 is 14.4 Å². The first kappa shape index (κ1) is 25.4. The van der Waals surface area contributed by atoms with E-state index >= 15 is 0 Å². The number of nitrogens with zero attached hydrogens (tertiary/aromatic N) is 3. The van der Waals surface area contributed by atoms with Crippen LogP contribution < -0.4 is 4.74 Å². The van der Waals surface area contributed by atoms with E-state index in [1.54, 1.807) is 6.92 Å². The number of likely N-dealkylation sites (tertiary alicyclic amines) is 1. The molecule has 0 N–H and O–H groups in total. The monoisotopic (exact) mass is 487 g/mol. The van der Waals surface area contributed by atoms with Crippen LogP contribution in [0.3, 0.4) is 0 Å². The van der Waals surface area contributed by atoms with Crippen molar-refractivity contribution in [3.05, 3.63) is 52.9 Å². The second-order valence-electron chi connectivity index (χ2n) is 9.64. The van der Waals surface area contributed by atoms with E-state index in [0.717, 1.165) is 74.8 Å². The molecule has 0 aliphatic carbocycles. The zero-order valence-electron chi connectivity index (χ0n) is 20.9.